The molecule has 136 valence electrons. The van der Waals surface area contributed by atoms with E-state index in [4.69, 9.17) is 0 Å². The van der Waals surface area contributed by atoms with Gasteiger partial charge in [-0.3, -0.25) is 9.98 Å². The van der Waals surface area contributed by atoms with E-state index in [1.165, 1.54) is 36.6 Å². The molecule has 2 aromatic rings. The number of aliphatic imine (C=N–C) groups is 1. The number of pyridine rings is 1. The van der Waals surface area contributed by atoms with Gasteiger partial charge in [-0.15, -0.1) is 24.0 Å². The number of nitrogens with zero attached hydrogens (tertiary/aromatic N) is 2. The van der Waals surface area contributed by atoms with Crippen molar-refractivity contribution in [3.8, 4) is 0 Å². The molecule has 1 aliphatic rings. The maximum Gasteiger partial charge on any atom is 0.191 e. The summed E-state index contributed by atoms with van der Waals surface area (Å²) in [6.45, 7) is 3.21. The van der Waals surface area contributed by atoms with Gasteiger partial charge in [0, 0.05) is 31.2 Å². The average molecular weight is 452 g/mol. The van der Waals surface area contributed by atoms with E-state index in [2.05, 4.69) is 51.8 Å². The number of guanidine groups is 1. The van der Waals surface area contributed by atoms with Gasteiger partial charge >= 0.3 is 0 Å². The summed E-state index contributed by atoms with van der Waals surface area (Å²) in [4.78, 5) is 8.90. The summed E-state index contributed by atoms with van der Waals surface area (Å²) in [5.41, 5.74) is 2.38. The average Bonchev–Trinajstić information content (AvgIpc) is 2.63. The van der Waals surface area contributed by atoms with Gasteiger partial charge in [0.15, 0.2) is 5.96 Å². The van der Waals surface area contributed by atoms with Gasteiger partial charge < -0.3 is 10.6 Å². The molecular weight excluding hydrogens is 423 g/mol. The maximum absolute atomic E-state index is 4.53. The number of para-hydroxylation sites is 1. The minimum absolute atomic E-state index is 0. The number of nitrogens with one attached hydrogen (secondary N) is 2. The lowest BCUT2D eigenvalue weighted by Crippen LogP contribution is -2.45. The van der Waals surface area contributed by atoms with Crippen LogP contribution in [0.2, 0.25) is 0 Å². The molecule has 0 atom stereocenters. The van der Waals surface area contributed by atoms with Crippen LogP contribution < -0.4 is 10.6 Å². The highest BCUT2D eigenvalue weighted by Crippen LogP contribution is 2.23. The predicted octanol–water partition coefficient (Wildman–Crippen LogP) is 4.14. The van der Waals surface area contributed by atoms with Gasteiger partial charge in [0.1, 0.15) is 0 Å². The molecule has 3 rings (SSSR count). The molecule has 0 unspecified atom stereocenters. The number of hydrogen-bond donors (Lipinski definition) is 2. The molecule has 0 aliphatic heterocycles. The third kappa shape index (κ3) is 5.56. The Morgan fingerprint density at radius 1 is 1.16 bits per heavy atom. The monoisotopic (exact) mass is 452 g/mol. The summed E-state index contributed by atoms with van der Waals surface area (Å²) in [7, 11) is 1.85. The first-order valence-corrected chi connectivity index (χ1v) is 9.06. The Bertz CT molecular complexity index is 688. The fourth-order valence-corrected chi connectivity index (χ4v) is 3.48. The van der Waals surface area contributed by atoms with Crippen LogP contribution >= 0.6 is 24.0 Å². The molecule has 1 heterocycles. The molecule has 0 radical (unpaired) electrons. The summed E-state index contributed by atoms with van der Waals surface area (Å²) in [5.74, 6) is 1.79. The highest BCUT2D eigenvalue weighted by Gasteiger charge is 2.18. The Kier molecular flexibility index (Phi) is 7.93. The van der Waals surface area contributed by atoms with Crippen LogP contribution in [0.1, 0.15) is 38.2 Å². The first kappa shape index (κ1) is 19.9. The van der Waals surface area contributed by atoms with Crippen LogP contribution in [-0.2, 0) is 6.42 Å². The number of rotatable bonds is 4. The second kappa shape index (κ2) is 9.94. The fourth-order valence-electron chi connectivity index (χ4n) is 3.48. The number of aromatic nitrogens is 1. The molecule has 1 saturated carbocycles. The van der Waals surface area contributed by atoms with Crippen molar-refractivity contribution in [1.82, 2.24) is 15.6 Å². The zero-order valence-corrected chi connectivity index (χ0v) is 17.5. The zero-order chi connectivity index (χ0) is 16.8. The van der Waals surface area contributed by atoms with E-state index in [-0.39, 0.29) is 24.0 Å². The summed E-state index contributed by atoms with van der Waals surface area (Å²) >= 11 is 0. The van der Waals surface area contributed by atoms with Crippen molar-refractivity contribution in [3.63, 3.8) is 0 Å². The smallest absolute Gasteiger partial charge is 0.191 e. The normalized spacial score (nSPS) is 20.8. The fraction of sp³-hybridized carbons (Fsp3) is 0.500. The van der Waals surface area contributed by atoms with Crippen molar-refractivity contribution in [2.45, 2.75) is 45.1 Å². The molecule has 25 heavy (non-hydrogen) atoms. The van der Waals surface area contributed by atoms with Gasteiger partial charge in [-0.25, -0.2) is 0 Å². The van der Waals surface area contributed by atoms with Gasteiger partial charge in [-0.05, 0) is 49.7 Å². The van der Waals surface area contributed by atoms with Crippen LogP contribution in [0.25, 0.3) is 10.9 Å². The Hall–Kier alpha value is -1.37. The number of fused-ring (bicyclic) bond motifs is 1. The van der Waals surface area contributed by atoms with E-state index in [0.29, 0.717) is 6.04 Å². The number of benzene rings is 1. The van der Waals surface area contributed by atoms with E-state index in [0.717, 1.165) is 30.4 Å². The number of hydrogen-bond acceptors (Lipinski definition) is 2. The van der Waals surface area contributed by atoms with Crippen LogP contribution in [0.4, 0.5) is 0 Å². The van der Waals surface area contributed by atoms with E-state index < -0.39 is 0 Å². The standard InChI is InChI=1S/C20H28N4.HI/c1-15-8-10-18(11-9-15)24-20(21-2)23-14-12-17-6-3-5-16-7-4-13-22-19(16)17;/h3-7,13,15,18H,8-12,14H2,1-2H3,(H2,21,23,24);1H. The molecule has 0 saturated heterocycles. The Morgan fingerprint density at radius 3 is 2.68 bits per heavy atom. The van der Waals surface area contributed by atoms with Gasteiger partial charge in [0.25, 0.3) is 0 Å². The van der Waals surface area contributed by atoms with Gasteiger partial charge in [0.05, 0.1) is 5.52 Å². The van der Waals surface area contributed by atoms with Crippen molar-refractivity contribution in [2.24, 2.45) is 10.9 Å². The van der Waals surface area contributed by atoms with Crippen molar-refractivity contribution >= 4 is 40.8 Å². The molecule has 0 amide bonds. The Morgan fingerprint density at radius 2 is 1.92 bits per heavy atom. The van der Waals surface area contributed by atoms with Crippen molar-refractivity contribution in [1.29, 1.82) is 0 Å². The van der Waals surface area contributed by atoms with Crippen molar-refractivity contribution in [2.75, 3.05) is 13.6 Å². The summed E-state index contributed by atoms with van der Waals surface area (Å²) in [6.07, 6.45) is 7.93. The van der Waals surface area contributed by atoms with E-state index in [9.17, 15) is 0 Å². The first-order chi connectivity index (χ1) is 11.8. The third-order valence-electron chi connectivity index (χ3n) is 4.98. The molecule has 0 spiro atoms. The van der Waals surface area contributed by atoms with Crippen LogP contribution in [0.5, 0.6) is 0 Å². The van der Waals surface area contributed by atoms with Crippen molar-refractivity contribution in [3.05, 3.63) is 42.1 Å². The molecule has 1 fully saturated rings. The van der Waals surface area contributed by atoms with Gasteiger partial charge in [-0.1, -0.05) is 31.2 Å². The minimum Gasteiger partial charge on any atom is -0.356 e. The zero-order valence-electron chi connectivity index (χ0n) is 15.2. The van der Waals surface area contributed by atoms with E-state index in [1.807, 2.05) is 19.3 Å². The lowest BCUT2D eigenvalue weighted by Gasteiger charge is -2.28. The third-order valence-corrected chi connectivity index (χ3v) is 4.98. The van der Waals surface area contributed by atoms with Gasteiger partial charge in [-0.2, -0.15) is 0 Å². The van der Waals surface area contributed by atoms with Gasteiger partial charge in [0.2, 0.25) is 0 Å². The first-order valence-electron chi connectivity index (χ1n) is 9.06. The molecular formula is C20H29IN4. The maximum atomic E-state index is 4.53. The largest absolute Gasteiger partial charge is 0.356 e. The second-order valence-corrected chi connectivity index (χ2v) is 6.84. The summed E-state index contributed by atoms with van der Waals surface area (Å²) in [6, 6.07) is 11.0. The van der Waals surface area contributed by atoms with Crippen LogP contribution in [0, 0.1) is 5.92 Å². The SMILES string of the molecule is CN=C(NCCc1cccc2cccnc12)NC1CCC(C)CC1.I. The molecule has 1 aromatic carbocycles. The highest BCUT2D eigenvalue weighted by molar-refractivity contribution is 14.0. The van der Waals surface area contributed by atoms with Crippen LogP contribution in [0.3, 0.4) is 0 Å². The van der Waals surface area contributed by atoms with E-state index >= 15 is 0 Å². The lowest BCUT2D eigenvalue weighted by molar-refractivity contribution is 0.329. The number of halogens is 1. The van der Waals surface area contributed by atoms with E-state index in [1.54, 1.807) is 0 Å². The molecule has 2 N–H and O–H groups in total. The highest BCUT2D eigenvalue weighted by atomic mass is 127. The second-order valence-electron chi connectivity index (χ2n) is 6.84. The molecule has 1 aromatic heterocycles. The minimum atomic E-state index is 0. The quantitative estimate of drug-likeness (QED) is 0.417. The molecule has 5 heteroatoms. The molecule has 1 aliphatic carbocycles. The van der Waals surface area contributed by atoms with Crippen LogP contribution in [0.15, 0.2) is 41.5 Å². The topological polar surface area (TPSA) is 49.3 Å². The van der Waals surface area contributed by atoms with Crippen LogP contribution in [-0.4, -0.2) is 30.6 Å². The molecule has 4 nitrogen and oxygen atoms in total. The Balaban J connectivity index is 0.00000225. The predicted molar refractivity (Wildman–Crippen MR) is 117 cm³/mol. The Labute approximate surface area is 167 Å². The summed E-state index contributed by atoms with van der Waals surface area (Å²) < 4.78 is 0. The summed E-state index contributed by atoms with van der Waals surface area (Å²) in [5, 5.41) is 8.23. The lowest BCUT2D eigenvalue weighted by atomic mass is 9.87. The molecule has 0 bridgehead atoms. The van der Waals surface area contributed by atoms with Crippen molar-refractivity contribution < 1.29 is 0 Å².